The Morgan fingerprint density at radius 1 is 1.45 bits per heavy atom. The predicted octanol–water partition coefficient (Wildman–Crippen LogP) is 2.41. The van der Waals surface area contributed by atoms with Gasteiger partial charge < -0.3 is 0 Å². The number of hydrogen-bond acceptors (Lipinski definition) is 0. The van der Waals surface area contributed by atoms with Gasteiger partial charge in [-0.25, -0.2) is 5.32 Å². The van der Waals surface area contributed by atoms with E-state index in [0.717, 1.165) is 19.4 Å². The van der Waals surface area contributed by atoms with E-state index in [9.17, 15) is 0 Å². The second kappa shape index (κ2) is 4.32. The molecule has 11 heavy (non-hydrogen) atoms. The smallest absolute Gasteiger partial charge is 0.0352 e. The van der Waals surface area contributed by atoms with Crippen LogP contribution >= 0.6 is 11.6 Å². The molecule has 2 heteroatoms. The number of hydrogen-bond donors (Lipinski definition) is 0. The van der Waals surface area contributed by atoms with Crippen LogP contribution in [-0.4, -0.2) is 18.0 Å². The fourth-order valence-corrected chi connectivity index (χ4v) is 1.84. The van der Waals surface area contributed by atoms with Crippen LogP contribution in [0.25, 0.3) is 0 Å². The maximum atomic E-state index is 6.10. The maximum Gasteiger partial charge on any atom is 0.0352 e. The third-order valence-corrected chi connectivity index (χ3v) is 2.70. The van der Waals surface area contributed by atoms with Gasteiger partial charge in [0.1, 0.15) is 0 Å². The molecule has 0 aromatic rings. The van der Waals surface area contributed by atoms with Crippen molar-refractivity contribution in [3.05, 3.63) is 0 Å². The van der Waals surface area contributed by atoms with E-state index in [1.165, 1.54) is 6.42 Å². The molecule has 1 radical (unpaired) electrons. The van der Waals surface area contributed by atoms with Crippen molar-refractivity contribution >= 4 is 11.6 Å². The Labute approximate surface area is 74.5 Å². The summed E-state index contributed by atoms with van der Waals surface area (Å²) >= 11 is 6.10. The number of nitrogens with zero attached hydrogens (tertiary/aromatic N) is 1. The molecule has 0 aliphatic carbocycles. The van der Waals surface area contributed by atoms with Crippen LogP contribution in [0.3, 0.4) is 0 Å². The molecule has 1 rings (SSSR count). The first-order valence-electron chi connectivity index (χ1n) is 4.51. The molecule has 1 heterocycles. The van der Waals surface area contributed by atoms with E-state index in [0.29, 0.717) is 17.3 Å². The molecule has 2 atom stereocenters. The third-order valence-electron chi connectivity index (χ3n) is 2.31. The Hall–Kier alpha value is 0.250. The first kappa shape index (κ1) is 9.34. The lowest BCUT2D eigenvalue weighted by atomic mass is 9.99. The van der Waals surface area contributed by atoms with Gasteiger partial charge in [0.2, 0.25) is 0 Å². The van der Waals surface area contributed by atoms with Crippen molar-refractivity contribution in [2.24, 2.45) is 5.92 Å². The van der Waals surface area contributed by atoms with Crippen molar-refractivity contribution in [3.8, 4) is 0 Å². The molecule has 0 aromatic carbocycles. The van der Waals surface area contributed by atoms with Crippen molar-refractivity contribution in [1.29, 1.82) is 0 Å². The van der Waals surface area contributed by atoms with Crippen LogP contribution in [0.5, 0.6) is 0 Å². The molecule has 0 spiro atoms. The monoisotopic (exact) mass is 174 g/mol. The van der Waals surface area contributed by atoms with E-state index < -0.39 is 0 Å². The number of rotatable bonds is 1. The molecule has 1 aliphatic rings. The van der Waals surface area contributed by atoms with E-state index in [-0.39, 0.29) is 0 Å². The van der Waals surface area contributed by atoms with Crippen LogP contribution in [0.2, 0.25) is 0 Å². The summed E-state index contributed by atoms with van der Waals surface area (Å²) in [6.45, 7) is 5.47. The molecule has 1 saturated heterocycles. The third kappa shape index (κ3) is 3.00. The number of halogens is 1. The Morgan fingerprint density at radius 2 is 2.18 bits per heavy atom. The summed E-state index contributed by atoms with van der Waals surface area (Å²) in [7, 11) is 0. The lowest BCUT2D eigenvalue weighted by Crippen LogP contribution is -2.28. The van der Waals surface area contributed by atoms with Crippen LogP contribution in [0.15, 0.2) is 0 Å². The van der Waals surface area contributed by atoms with Gasteiger partial charge in [0.15, 0.2) is 0 Å². The van der Waals surface area contributed by atoms with Gasteiger partial charge in [-0.2, -0.15) is 0 Å². The Kier molecular flexibility index (Phi) is 3.67. The minimum absolute atomic E-state index is 0.369. The average Bonchev–Trinajstić information content (AvgIpc) is 2.13. The summed E-state index contributed by atoms with van der Waals surface area (Å²) in [5.41, 5.74) is 0. The van der Waals surface area contributed by atoms with Crippen molar-refractivity contribution < 1.29 is 0 Å². The van der Waals surface area contributed by atoms with E-state index in [2.05, 4.69) is 19.2 Å². The zero-order valence-corrected chi connectivity index (χ0v) is 8.14. The number of alkyl halides is 1. The van der Waals surface area contributed by atoms with E-state index in [4.69, 9.17) is 11.6 Å². The van der Waals surface area contributed by atoms with Crippen LogP contribution < -0.4 is 5.32 Å². The Morgan fingerprint density at radius 3 is 2.82 bits per heavy atom. The minimum Gasteiger partial charge on any atom is -0.238 e. The largest absolute Gasteiger partial charge is 0.238 e. The highest BCUT2D eigenvalue weighted by atomic mass is 35.5. The summed E-state index contributed by atoms with van der Waals surface area (Å²) in [5, 5.41) is 4.96. The van der Waals surface area contributed by atoms with E-state index in [1.54, 1.807) is 0 Å². The molecule has 2 unspecified atom stereocenters. The topological polar surface area (TPSA) is 14.1 Å². The van der Waals surface area contributed by atoms with Gasteiger partial charge in [-0.3, -0.25) is 0 Å². The lowest BCUT2D eigenvalue weighted by molar-refractivity contribution is 0.389. The van der Waals surface area contributed by atoms with Gasteiger partial charge in [-0.1, -0.05) is 13.8 Å². The normalized spacial score (nSPS) is 33.8. The van der Waals surface area contributed by atoms with Crippen LogP contribution in [0.1, 0.15) is 33.1 Å². The van der Waals surface area contributed by atoms with Crippen molar-refractivity contribution in [3.63, 3.8) is 0 Å². The maximum absolute atomic E-state index is 6.10. The lowest BCUT2D eigenvalue weighted by Gasteiger charge is -2.19. The molecule has 65 valence electrons. The van der Waals surface area contributed by atoms with Gasteiger partial charge in [0.25, 0.3) is 0 Å². The summed E-state index contributed by atoms with van der Waals surface area (Å²) < 4.78 is 0. The highest BCUT2D eigenvalue weighted by Crippen LogP contribution is 2.20. The fourth-order valence-electron chi connectivity index (χ4n) is 1.51. The molecule has 1 aliphatic heterocycles. The van der Waals surface area contributed by atoms with E-state index in [1.807, 2.05) is 0 Å². The Balaban J connectivity index is 2.39. The van der Waals surface area contributed by atoms with Gasteiger partial charge in [-0.05, 0) is 25.2 Å². The zero-order valence-electron chi connectivity index (χ0n) is 7.39. The molecule has 0 saturated carbocycles. The molecular weight excluding hydrogens is 158 g/mol. The molecular formula is C9H17ClN. The highest BCUT2D eigenvalue weighted by molar-refractivity contribution is 6.20. The first-order valence-corrected chi connectivity index (χ1v) is 4.94. The molecule has 0 amide bonds. The van der Waals surface area contributed by atoms with Crippen LogP contribution in [0, 0.1) is 5.92 Å². The average molecular weight is 175 g/mol. The minimum atomic E-state index is 0.369. The highest BCUT2D eigenvalue weighted by Gasteiger charge is 2.21. The van der Waals surface area contributed by atoms with Crippen LogP contribution in [0.4, 0.5) is 0 Å². The standard InChI is InChI=1S/C9H17ClN/c1-7(2)9-6-8(10)4-3-5-11-9/h7-9H,3-6H2,1-2H3. The molecule has 0 N–H and O–H groups in total. The van der Waals surface area contributed by atoms with Crippen molar-refractivity contribution in [1.82, 2.24) is 5.32 Å². The SMILES string of the molecule is CC(C)C1CC(Cl)CCC[N]1. The van der Waals surface area contributed by atoms with Crippen LogP contribution in [-0.2, 0) is 0 Å². The Bertz CT molecular complexity index is 114. The van der Waals surface area contributed by atoms with Crippen molar-refractivity contribution in [2.45, 2.75) is 44.5 Å². The van der Waals surface area contributed by atoms with Gasteiger partial charge >= 0.3 is 0 Å². The quantitative estimate of drug-likeness (QED) is 0.543. The second-order valence-electron chi connectivity index (χ2n) is 3.69. The summed E-state index contributed by atoms with van der Waals surface area (Å²) in [4.78, 5) is 0. The predicted molar refractivity (Wildman–Crippen MR) is 49.1 cm³/mol. The first-order chi connectivity index (χ1) is 5.20. The molecule has 0 aromatic heterocycles. The van der Waals surface area contributed by atoms with E-state index >= 15 is 0 Å². The van der Waals surface area contributed by atoms with Crippen molar-refractivity contribution in [2.75, 3.05) is 6.54 Å². The second-order valence-corrected chi connectivity index (χ2v) is 4.31. The summed E-state index contributed by atoms with van der Waals surface area (Å²) in [6.07, 6.45) is 3.41. The van der Waals surface area contributed by atoms with Gasteiger partial charge in [-0.15, -0.1) is 11.6 Å². The molecule has 1 fully saturated rings. The summed E-state index contributed by atoms with van der Waals surface area (Å²) in [5.74, 6) is 0.661. The molecule has 0 bridgehead atoms. The van der Waals surface area contributed by atoms with Gasteiger partial charge in [0, 0.05) is 18.0 Å². The zero-order chi connectivity index (χ0) is 8.27. The summed E-state index contributed by atoms with van der Waals surface area (Å²) in [6, 6.07) is 0.514. The molecule has 1 nitrogen and oxygen atoms in total. The fraction of sp³-hybridized carbons (Fsp3) is 1.00. The van der Waals surface area contributed by atoms with Gasteiger partial charge in [0.05, 0.1) is 0 Å².